The van der Waals surface area contributed by atoms with Crippen molar-refractivity contribution in [2.45, 2.75) is 20.4 Å². The van der Waals surface area contributed by atoms with Crippen LogP contribution < -0.4 is 10.2 Å². The van der Waals surface area contributed by atoms with Gasteiger partial charge in [-0.3, -0.25) is 0 Å². The molecule has 0 saturated carbocycles. The highest BCUT2D eigenvalue weighted by Crippen LogP contribution is 2.20. The summed E-state index contributed by atoms with van der Waals surface area (Å²) in [7, 11) is 1.82. The van der Waals surface area contributed by atoms with Crippen molar-refractivity contribution in [3.05, 3.63) is 48.0 Å². The van der Waals surface area contributed by atoms with Gasteiger partial charge in [0.25, 0.3) is 0 Å². The van der Waals surface area contributed by atoms with Crippen molar-refractivity contribution in [3.63, 3.8) is 0 Å². The number of nitrogens with zero attached hydrogens (tertiary/aromatic N) is 3. The lowest BCUT2D eigenvalue weighted by atomic mass is 10.2. The fraction of sp³-hybridized carbons (Fsp3) is 0.375. The van der Waals surface area contributed by atoms with Crippen LogP contribution >= 0.6 is 0 Å². The number of anilines is 2. The molecule has 1 heterocycles. The van der Waals surface area contributed by atoms with E-state index in [1.807, 2.05) is 13.1 Å². The number of benzene rings is 1. The first-order valence-electron chi connectivity index (χ1n) is 7.07. The van der Waals surface area contributed by atoms with Crippen LogP contribution in [-0.2, 0) is 6.54 Å². The molecule has 0 amide bonds. The molecular formula is C16H21FN4. The Hall–Kier alpha value is -2.01. The molecule has 4 nitrogen and oxygen atoms in total. The molecule has 0 unspecified atom stereocenters. The minimum atomic E-state index is -0.270. The lowest BCUT2D eigenvalue weighted by molar-refractivity contribution is 0.551. The molecule has 0 aliphatic heterocycles. The first-order chi connectivity index (χ1) is 10.1. The average Bonchev–Trinajstić information content (AvgIpc) is 2.47. The molecule has 0 aliphatic carbocycles. The summed E-state index contributed by atoms with van der Waals surface area (Å²) < 4.78 is 13.2. The van der Waals surface area contributed by atoms with Crippen molar-refractivity contribution < 1.29 is 4.39 Å². The van der Waals surface area contributed by atoms with E-state index in [9.17, 15) is 4.39 Å². The topological polar surface area (TPSA) is 41.1 Å². The summed E-state index contributed by atoms with van der Waals surface area (Å²) in [6.07, 6.45) is 3.59. The van der Waals surface area contributed by atoms with E-state index in [4.69, 9.17) is 0 Å². The molecule has 21 heavy (non-hydrogen) atoms. The second-order valence-corrected chi connectivity index (χ2v) is 5.45. The van der Waals surface area contributed by atoms with Crippen molar-refractivity contribution in [1.82, 2.24) is 15.3 Å². The minimum Gasteiger partial charge on any atom is -0.314 e. The number of hydrogen-bond donors (Lipinski definition) is 1. The smallest absolute Gasteiger partial charge is 0.229 e. The van der Waals surface area contributed by atoms with Gasteiger partial charge >= 0.3 is 0 Å². The molecule has 0 spiro atoms. The molecule has 0 atom stereocenters. The Morgan fingerprint density at radius 2 is 1.95 bits per heavy atom. The Balaban J connectivity index is 2.01. The summed E-state index contributed by atoms with van der Waals surface area (Å²) in [5.41, 5.74) is 1.76. The molecule has 0 fully saturated rings. The summed E-state index contributed by atoms with van der Waals surface area (Å²) >= 11 is 0. The monoisotopic (exact) mass is 288 g/mol. The van der Waals surface area contributed by atoms with Crippen LogP contribution in [0.15, 0.2) is 36.7 Å². The third-order valence-corrected chi connectivity index (χ3v) is 3.07. The van der Waals surface area contributed by atoms with E-state index in [2.05, 4.69) is 29.1 Å². The van der Waals surface area contributed by atoms with Crippen LogP contribution in [0.2, 0.25) is 0 Å². The van der Waals surface area contributed by atoms with Crippen LogP contribution in [0, 0.1) is 11.7 Å². The predicted octanol–water partition coefficient (Wildman–Crippen LogP) is 3.13. The first-order valence-corrected chi connectivity index (χ1v) is 7.07. The highest BCUT2D eigenvalue weighted by molar-refractivity contribution is 5.55. The van der Waals surface area contributed by atoms with Gasteiger partial charge in [0.15, 0.2) is 0 Å². The minimum absolute atomic E-state index is 0.270. The van der Waals surface area contributed by atoms with Crippen molar-refractivity contribution in [3.8, 4) is 0 Å². The van der Waals surface area contributed by atoms with Crippen LogP contribution in [0.25, 0.3) is 0 Å². The maximum Gasteiger partial charge on any atom is 0.229 e. The van der Waals surface area contributed by atoms with Gasteiger partial charge in [-0.25, -0.2) is 14.4 Å². The fourth-order valence-corrected chi connectivity index (χ4v) is 1.92. The van der Waals surface area contributed by atoms with Gasteiger partial charge in [-0.2, -0.15) is 0 Å². The molecule has 2 aromatic rings. The Morgan fingerprint density at radius 3 is 2.57 bits per heavy atom. The molecule has 0 aliphatic rings. The van der Waals surface area contributed by atoms with Crippen LogP contribution in [-0.4, -0.2) is 23.6 Å². The normalized spacial score (nSPS) is 10.9. The molecule has 1 N–H and O–H groups in total. The third-order valence-electron chi connectivity index (χ3n) is 3.07. The molecule has 0 radical (unpaired) electrons. The second-order valence-electron chi connectivity index (χ2n) is 5.45. The summed E-state index contributed by atoms with van der Waals surface area (Å²) in [4.78, 5) is 10.4. The van der Waals surface area contributed by atoms with E-state index < -0.39 is 0 Å². The Labute approximate surface area is 125 Å². The summed E-state index contributed by atoms with van der Waals surface area (Å²) in [6, 6.07) is 6.37. The quantitative estimate of drug-likeness (QED) is 0.886. The zero-order chi connectivity index (χ0) is 15.2. The molecular weight excluding hydrogens is 267 g/mol. The summed E-state index contributed by atoms with van der Waals surface area (Å²) in [5, 5.41) is 3.35. The van der Waals surface area contributed by atoms with Gasteiger partial charge in [-0.15, -0.1) is 0 Å². The van der Waals surface area contributed by atoms with Gasteiger partial charge in [0.1, 0.15) is 5.82 Å². The van der Waals surface area contributed by atoms with Gasteiger partial charge in [-0.05, 0) is 30.7 Å². The summed E-state index contributed by atoms with van der Waals surface area (Å²) in [6.45, 7) is 6.05. The van der Waals surface area contributed by atoms with Gasteiger partial charge in [-0.1, -0.05) is 19.9 Å². The fourth-order valence-electron chi connectivity index (χ4n) is 1.92. The molecule has 0 saturated heterocycles. The molecule has 2 rings (SSSR count). The molecule has 1 aromatic carbocycles. The van der Waals surface area contributed by atoms with Crippen molar-refractivity contribution in [2.24, 2.45) is 5.92 Å². The molecule has 1 aromatic heterocycles. The van der Waals surface area contributed by atoms with Crippen LogP contribution in [0.3, 0.4) is 0 Å². The standard InChI is InChI=1S/C16H21FN4/c1-12(2)8-18-9-13-10-19-16(20-11-13)21(3)15-6-4-5-14(17)7-15/h4-7,10-12,18H,8-9H2,1-3H3. The Morgan fingerprint density at radius 1 is 1.24 bits per heavy atom. The largest absolute Gasteiger partial charge is 0.314 e. The van der Waals surface area contributed by atoms with Gasteiger partial charge in [0, 0.05) is 37.2 Å². The highest BCUT2D eigenvalue weighted by atomic mass is 19.1. The van der Waals surface area contributed by atoms with Gasteiger partial charge in [0.2, 0.25) is 5.95 Å². The number of rotatable bonds is 6. The lowest BCUT2D eigenvalue weighted by Gasteiger charge is -2.17. The SMILES string of the molecule is CC(C)CNCc1cnc(N(C)c2cccc(F)c2)nc1. The molecule has 112 valence electrons. The highest BCUT2D eigenvalue weighted by Gasteiger charge is 2.07. The summed E-state index contributed by atoms with van der Waals surface area (Å²) in [5.74, 6) is 0.895. The van der Waals surface area contributed by atoms with Crippen LogP contribution in [0.4, 0.5) is 16.0 Å². The number of nitrogens with one attached hydrogen (secondary N) is 1. The molecule has 5 heteroatoms. The zero-order valence-corrected chi connectivity index (χ0v) is 12.7. The Kier molecular flexibility index (Phi) is 5.22. The van der Waals surface area contributed by atoms with E-state index in [-0.39, 0.29) is 5.82 Å². The van der Waals surface area contributed by atoms with E-state index >= 15 is 0 Å². The number of halogens is 1. The second kappa shape index (κ2) is 7.13. The van der Waals surface area contributed by atoms with E-state index in [0.29, 0.717) is 11.9 Å². The first kappa shape index (κ1) is 15.4. The van der Waals surface area contributed by atoms with Crippen LogP contribution in [0.1, 0.15) is 19.4 Å². The average molecular weight is 288 g/mol. The number of aromatic nitrogens is 2. The van der Waals surface area contributed by atoms with Gasteiger partial charge < -0.3 is 10.2 Å². The van der Waals surface area contributed by atoms with E-state index in [1.54, 1.807) is 23.4 Å². The zero-order valence-electron chi connectivity index (χ0n) is 12.7. The van der Waals surface area contributed by atoms with Crippen molar-refractivity contribution in [2.75, 3.05) is 18.5 Å². The van der Waals surface area contributed by atoms with Gasteiger partial charge in [0.05, 0.1) is 0 Å². The third kappa shape index (κ3) is 4.49. The number of hydrogen-bond acceptors (Lipinski definition) is 4. The van der Waals surface area contributed by atoms with E-state index in [1.165, 1.54) is 12.1 Å². The predicted molar refractivity (Wildman–Crippen MR) is 83.0 cm³/mol. The molecule has 0 bridgehead atoms. The Bertz CT molecular complexity index is 569. The lowest BCUT2D eigenvalue weighted by Crippen LogP contribution is -2.19. The maximum atomic E-state index is 13.2. The van der Waals surface area contributed by atoms with Crippen LogP contribution in [0.5, 0.6) is 0 Å². The maximum absolute atomic E-state index is 13.2. The van der Waals surface area contributed by atoms with Crippen molar-refractivity contribution >= 4 is 11.6 Å². The van der Waals surface area contributed by atoms with Crippen molar-refractivity contribution in [1.29, 1.82) is 0 Å². The van der Waals surface area contributed by atoms with E-state index in [0.717, 1.165) is 24.3 Å².